The van der Waals surface area contributed by atoms with Crippen LogP contribution in [-0.2, 0) is 11.3 Å². The molecule has 0 spiro atoms. The van der Waals surface area contributed by atoms with Gasteiger partial charge in [0.2, 0.25) is 0 Å². The molecule has 32 heavy (non-hydrogen) atoms. The minimum Gasteiger partial charge on any atom is -0.423 e. The number of carbonyl (C=O) groups excluding carboxylic acids is 3. The predicted octanol–water partition coefficient (Wildman–Crippen LogP) is 5.42. The largest absolute Gasteiger partial charge is 0.423 e. The number of ether oxygens (including phenoxy) is 1. The van der Waals surface area contributed by atoms with Crippen LogP contribution in [0.3, 0.4) is 0 Å². The molecule has 8 heteroatoms. The number of thioether (sulfide) groups is 1. The number of imide groups is 1. The second-order valence-corrected chi connectivity index (χ2v) is 7.85. The molecule has 1 fully saturated rings. The third-order valence-corrected chi connectivity index (χ3v) is 5.50. The first-order valence-corrected chi connectivity index (χ1v) is 10.3. The van der Waals surface area contributed by atoms with Crippen LogP contribution in [0.5, 0.6) is 5.75 Å². The van der Waals surface area contributed by atoms with E-state index >= 15 is 0 Å². The maximum absolute atomic E-state index is 13.1. The lowest BCUT2D eigenvalue weighted by Crippen LogP contribution is -2.27. The van der Waals surface area contributed by atoms with E-state index in [1.54, 1.807) is 30.3 Å². The van der Waals surface area contributed by atoms with Crippen LogP contribution >= 0.6 is 11.8 Å². The molecule has 0 aromatic heterocycles. The highest BCUT2D eigenvalue weighted by Crippen LogP contribution is 2.33. The van der Waals surface area contributed by atoms with Gasteiger partial charge in [0, 0.05) is 0 Å². The van der Waals surface area contributed by atoms with E-state index in [9.17, 15) is 23.2 Å². The van der Waals surface area contributed by atoms with Crippen molar-refractivity contribution in [3.05, 3.63) is 106 Å². The van der Waals surface area contributed by atoms with Crippen molar-refractivity contribution in [1.29, 1.82) is 0 Å². The molecule has 5 nitrogen and oxygen atoms in total. The van der Waals surface area contributed by atoms with Crippen molar-refractivity contribution in [3.8, 4) is 5.75 Å². The summed E-state index contributed by atoms with van der Waals surface area (Å²) in [5.41, 5.74) is 1.49. The molecule has 0 saturated carbocycles. The minimum atomic E-state index is -0.625. The Balaban J connectivity index is 1.42. The van der Waals surface area contributed by atoms with Gasteiger partial charge >= 0.3 is 5.97 Å². The van der Waals surface area contributed by atoms with Crippen LogP contribution < -0.4 is 4.74 Å². The maximum Gasteiger partial charge on any atom is 0.343 e. The van der Waals surface area contributed by atoms with Crippen molar-refractivity contribution in [3.63, 3.8) is 0 Å². The molecule has 1 heterocycles. The lowest BCUT2D eigenvalue weighted by atomic mass is 10.2. The van der Waals surface area contributed by atoms with Crippen molar-refractivity contribution in [2.75, 3.05) is 0 Å². The van der Waals surface area contributed by atoms with E-state index in [0.717, 1.165) is 16.7 Å². The monoisotopic (exact) mass is 451 g/mol. The Kier molecular flexibility index (Phi) is 6.13. The Morgan fingerprint density at radius 2 is 1.47 bits per heavy atom. The van der Waals surface area contributed by atoms with E-state index in [2.05, 4.69) is 0 Å². The molecule has 1 aliphatic rings. The normalized spacial score (nSPS) is 14.8. The van der Waals surface area contributed by atoms with Crippen molar-refractivity contribution >= 4 is 35.0 Å². The van der Waals surface area contributed by atoms with E-state index in [0.29, 0.717) is 11.1 Å². The fraction of sp³-hybridized carbons (Fsp3) is 0.0417. The van der Waals surface area contributed by atoms with Gasteiger partial charge in [-0.25, -0.2) is 13.6 Å². The molecule has 160 valence electrons. The van der Waals surface area contributed by atoms with E-state index in [-0.39, 0.29) is 22.8 Å². The van der Waals surface area contributed by atoms with Crippen LogP contribution in [0, 0.1) is 11.6 Å². The zero-order valence-corrected chi connectivity index (χ0v) is 17.3. The van der Waals surface area contributed by atoms with Gasteiger partial charge in [0.25, 0.3) is 11.1 Å². The molecule has 0 radical (unpaired) electrons. The average Bonchev–Trinajstić information content (AvgIpc) is 3.04. The topological polar surface area (TPSA) is 63.7 Å². The van der Waals surface area contributed by atoms with Crippen molar-refractivity contribution < 1.29 is 27.9 Å². The molecule has 2 amide bonds. The number of nitrogens with zero attached hydrogens (tertiary/aromatic N) is 1. The summed E-state index contributed by atoms with van der Waals surface area (Å²) >= 11 is 0.821. The van der Waals surface area contributed by atoms with Crippen LogP contribution in [0.2, 0.25) is 0 Å². The molecule has 0 bridgehead atoms. The molecule has 1 aliphatic heterocycles. The fourth-order valence-corrected chi connectivity index (χ4v) is 3.78. The van der Waals surface area contributed by atoms with Crippen molar-refractivity contribution in [1.82, 2.24) is 4.90 Å². The Hall–Kier alpha value is -3.78. The Labute approximate surface area is 186 Å². The summed E-state index contributed by atoms with van der Waals surface area (Å²) in [5.74, 6) is -1.63. The number of amides is 2. The first-order chi connectivity index (χ1) is 15.4. The Morgan fingerprint density at radius 3 is 2.09 bits per heavy atom. The van der Waals surface area contributed by atoms with Gasteiger partial charge in [0.05, 0.1) is 17.0 Å². The van der Waals surface area contributed by atoms with Gasteiger partial charge in [-0.2, -0.15) is 0 Å². The first kappa shape index (κ1) is 21.5. The number of rotatable bonds is 5. The zero-order valence-electron chi connectivity index (χ0n) is 16.5. The molecule has 3 aromatic rings. The molecular formula is C24H15F2NO4S. The van der Waals surface area contributed by atoms with Gasteiger partial charge in [0.15, 0.2) is 0 Å². The third kappa shape index (κ3) is 4.92. The Bertz CT molecular complexity index is 1210. The molecule has 4 rings (SSSR count). The van der Waals surface area contributed by atoms with Crippen LogP contribution in [0.4, 0.5) is 13.6 Å². The molecule has 0 unspecified atom stereocenters. The SMILES string of the molecule is O=C(Oc1ccc(/C=C2\SC(=O)N(Cc3ccc(F)cc3)C2=O)cc1)c1ccc(F)cc1. The molecule has 0 atom stereocenters. The van der Waals surface area contributed by atoms with Gasteiger partial charge < -0.3 is 4.74 Å². The number of esters is 1. The molecular weight excluding hydrogens is 436 g/mol. The highest BCUT2D eigenvalue weighted by molar-refractivity contribution is 8.18. The summed E-state index contributed by atoms with van der Waals surface area (Å²) < 4.78 is 31.3. The number of carbonyl (C=O) groups is 3. The fourth-order valence-electron chi connectivity index (χ4n) is 2.94. The average molecular weight is 451 g/mol. The maximum atomic E-state index is 13.1. The summed E-state index contributed by atoms with van der Waals surface area (Å²) in [4.78, 5) is 38.4. The van der Waals surface area contributed by atoms with Crippen LogP contribution in [0.1, 0.15) is 21.5 Å². The summed E-state index contributed by atoms with van der Waals surface area (Å²) in [7, 11) is 0. The van der Waals surface area contributed by atoms with Crippen LogP contribution in [-0.4, -0.2) is 22.0 Å². The highest BCUT2D eigenvalue weighted by atomic mass is 32.2. The second kappa shape index (κ2) is 9.15. The van der Waals surface area contributed by atoms with Crippen molar-refractivity contribution in [2.45, 2.75) is 6.54 Å². The second-order valence-electron chi connectivity index (χ2n) is 6.86. The molecule has 3 aromatic carbocycles. The quantitative estimate of drug-likeness (QED) is 0.294. The summed E-state index contributed by atoms with van der Waals surface area (Å²) in [6.07, 6.45) is 1.57. The number of hydrogen-bond donors (Lipinski definition) is 0. The predicted molar refractivity (Wildman–Crippen MR) is 116 cm³/mol. The van der Waals surface area contributed by atoms with E-state index < -0.39 is 28.8 Å². The van der Waals surface area contributed by atoms with Gasteiger partial charge in [0.1, 0.15) is 17.4 Å². The number of benzene rings is 3. The van der Waals surface area contributed by atoms with E-state index in [1.807, 2.05) is 0 Å². The van der Waals surface area contributed by atoms with Crippen molar-refractivity contribution in [2.24, 2.45) is 0 Å². The van der Waals surface area contributed by atoms with E-state index in [4.69, 9.17) is 4.74 Å². The lowest BCUT2D eigenvalue weighted by molar-refractivity contribution is -0.123. The smallest absolute Gasteiger partial charge is 0.343 e. The standard InChI is InChI=1S/C24H15F2NO4S/c25-18-7-1-16(2-8-18)14-27-22(28)21(32-24(27)30)13-15-3-11-20(12-4-15)31-23(29)17-5-9-19(26)10-6-17/h1-13H,14H2/b21-13-. The third-order valence-electron chi connectivity index (χ3n) is 4.60. The highest BCUT2D eigenvalue weighted by Gasteiger charge is 2.34. The summed E-state index contributed by atoms with van der Waals surface area (Å²) in [5, 5.41) is -0.407. The summed E-state index contributed by atoms with van der Waals surface area (Å²) in [6, 6.07) is 17.0. The first-order valence-electron chi connectivity index (χ1n) is 9.47. The zero-order chi connectivity index (χ0) is 22.7. The van der Waals surface area contributed by atoms with Gasteiger partial charge in [-0.05, 0) is 77.5 Å². The Morgan fingerprint density at radius 1 is 0.875 bits per heavy atom. The van der Waals surface area contributed by atoms with Gasteiger partial charge in [-0.3, -0.25) is 14.5 Å². The van der Waals surface area contributed by atoms with E-state index in [1.165, 1.54) is 48.5 Å². The van der Waals surface area contributed by atoms with Gasteiger partial charge in [-0.15, -0.1) is 0 Å². The minimum absolute atomic E-state index is 0.0561. The number of halogens is 2. The number of hydrogen-bond acceptors (Lipinski definition) is 5. The van der Waals surface area contributed by atoms with Crippen LogP contribution in [0.25, 0.3) is 6.08 Å². The molecule has 0 N–H and O–H groups in total. The van der Waals surface area contributed by atoms with Gasteiger partial charge in [-0.1, -0.05) is 24.3 Å². The lowest BCUT2D eigenvalue weighted by Gasteiger charge is -2.12. The molecule has 1 saturated heterocycles. The van der Waals surface area contributed by atoms with Crippen LogP contribution in [0.15, 0.2) is 77.7 Å². The summed E-state index contributed by atoms with van der Waals surface area (Å²) in [6.45, 7) is 0.0561. The molecule has 0 aliphatic carbocycles.